The van der Waals surface area contributed by atoms with Gasteiger partial charge >= 0.3 is 0 Å². The topological polar surface area (TPSA) is 38.7 Å². The van der Waals surface area contributed by atoms with Crippen molar-refractivity contribution >= 4 is 53.1 Å². The molecule has 0 aliphatic carbocycles. The second-order valence-electron chi connectivity index (χ2n) is 12.8. The predicted molar refractivity (Wildman–Crippen MR) is 215 cm³/mol. The van der Waals surface area contributed by atoms with Crippen molar-refractivity contribution in [2.24, 2.45) is 0 Å². The summed E-state index contributed by atoms with van der Waals surface area (Å²) in [4.78, 5) is 15.7. The summed E-state index contributed by atoms with van der Waals surface area (Å²) in [5, 5.41) is 7.28. The van der Waals surface area contributed by atoms with Gasteiger partial charge in [0.1, 0.15) is 0 Å². The highest BCUT2D eigenvalue weighted by Crippen LogP contribution is 2.48. The maximum Gasteiger partial charge on any atom is 0.164 e. The van der Waals surface area contributed by atoms with Crippen LogP contribution in [0.2, 0.25) is 0 Å². The van der Waals surface area contributed by atoms with Crippen LogP contribution in [0.5, 0.6) is 0 Å². The standard InChI is InChI=1S/C47H29N3S/c1-4-14-30(15-5-1)34-21-12-22-36(28-34)46-48-45(33-19-8-3-9-20-33)49-47(50-46)40-29-35-27-26-32-18-10-11-23-37(32)41(35)44-42(40)39-25-13-24-38(43(39)51-44)31-16-6-2-7-17-31/h1-29H. The molecule has 0 spiro atoms. The summed E-state index contributed by atoms with van der Waals surface area (Å²) in [5.74, 6) is 1.96. The van der Waals surface area contributed by atoms with E-state index in [1.54, 1.807) is 0 Å². The van der Waals surface area contributed by atoms with Gasteiger partial charge in [0.25, 0.3) is 0 Å². The molecule has 51 heavy (non-hydrogen) atoms. The minimum Gasteiger partial charge on any atom is -0.208 e. The first-order valence-corrected chi connectivity index (χ1v) is 17.9. The number of thiophene rings is 1. The van der Waals surface area contributed by atoms with E-state index >= 15 is 0 Å². The quantitative estimate of drug-likeness (QED) is 0.171. The molecule has 8 aromatic carbocycles. The van der Waals surface area contributed by atoms with Gasteiger partial charge < -0.3 is 0 Å². The summed E-state index contributed by atoms with van der Waals surface area (Å²) in [6.45, 7) is 0. The fourth-order valence-corrected chi connectivity index (χ4v) is 8.72. The van der Waals surface area contributed by atoms with Crippen LogP contribution < -0.4 is 0 Å². The van der Waals surface area contributed by atoms with E-state index in [2.05, 4.69) is 152 Å². The number of benzene rings is 8. The number of hydrogen-bond donors (Lipinski definition) is 0. The lowest BCUT2D eigenvalue weighted by molar-refractivity contribution is 1.08. The van der Waals surface area contributed by atoms with Gasteiger partial charge in [-0.1, -0.05) is 164 Å². The lowest BCUT2D eigenvalue weighted by atomic mass is 9.95. The number of rotatable bonds is 5. The first kappa shape index (κ1) is 29.4. The van der Waals surface area contributed by atoms with Gasteiger partial charge in [0.15, 0.2) is 17.5 Å². The molecule has 2 heterocycles. The molecule has 0 bridgehead atoms. The molecule has 0 amide bonds. The molecule has 4 heteroatoms. The van der Waals surface area contributed by atoms with E-state index in [1.807, 2.05) is 35.6 Å². The first-order chi connectivity index (χ1) is 25.3. The van der Waals surface area contributed by atoms with E-state index < -0.39 is 0 Å². The molecule has 0 atom stereocenters. The van der Waals surface area contributed by atoms with E-state index in [0.29, 0.717) is 17.5 Å². The number of aromatic nitrogens is 3. The van der Waals surface area contributed by atoms with Crippen molar-refractivity contribution in [1.29, 1.82) is 0 Å². The molecule has 10 rings (SSSR count). The molecule has 0 aliphatic heterocycles. The summed E-state index contributed by atoms with van der Waals surface area (Å²) < 4.78 is 2.50. The van der Waals surface area contributed by atoms with Crippen molar-refractivity contribution in [3.05, 3.63) is 176 Å². The van der Waals surface area contributed by atoms with Gasteiger partial charge in [0, 0.05) is 42.2 Å². The zero-order valence-corrected chi connectivity index (χ0v) is 28.3. The van der Waals surface area contributed by atoms with Crippen molar-refractivity contribution in [3.8, 4) is 56.4 Å². The number of fused-ring (bicyclic) bond motifs is 7. The Kier molecular flexibility index (Phi) is 7.00. The molecule has 10 aromatic rings. The van der Waals surface area contributed by atoms with E-state index in [1.165, 1.54) is 52.8 Å². The fraction of sp³-hybridized carbons (Fsp3) is 0. The molecule has 0 unspecified atom stereocenters. The maximum absolute atomic E-state index is 5.30. The normalized spacial score (nSPS) is 11.5. The van der Waals surface area contributed by atoms with Crippen molar-refractivity contribution in [1.82, 2.24) is 15.0 Å². The van der Waals surface area contributed by atoms with Crippen molar-refractivity contribution in [3.63, 3.8) is 0 Å². The largest absolute Gasteiger partial charge is 0.208 e. The fourth-order valence-electron chi connectivity index (χ4n) is 7.28. The molecule has 3 nitrogen and oxygen atoms in total. The van der Waals surface area contributed by atoms with Gasteiger partial charge in [-0.15, -0.1) is 11.3 Å². The number of hydrogen-bond acceptors (Lipinski definition) is 4. The lowest BCUT2D eigenvalue weighted by Crippen LogP contribution is -2.00. The van der Waals surface area contributed by atoms with E-state index in [4.69, 9.17) is 15.0 Å². The molecule has 0 radical (unpaired) electrons. The Labute approximate surface area is 299 Å². The first-order valence-electron chi connectivity index (χ1n) is 17.1. The van der Waals surface area contributed by atoms with Crippen LogP contribution >= 0.6 is 11.3 Å². The third kappa shape index (κ3) is 5.08. The molecule has 2 aromatic heterocycles. The minimum absolute atomic E-state index is 0.646. The molecule has 238 valence electrons. The van der Waals surface area contributed by atoms with Crippen LogP contribution in [0.3, 0.4) is 0 Å². The lowest BCUT2D eigenvalue weighted by Gasteiger charge is -2.13. The second-order valence-corrected chi connectivity index (χ2v) is 13.8. The summed E-state index contributed by atoms with van der Waals surface area (Å²) >= 11 is 1.87. The Bertz CT molecular complexity index is 2900. The zero-order valence-electron chi connectivity index (χ0n) is 27.5. The molecule has 0 saturated heterocycles. The SMILES string of the molecule is c1ccc(-c2cccc(-c3nc(-c4ccccc4)nc(-c4cc5ccc6ccccc6c5c5sc6c(-c7ccccc7)cccc6c45)n3)c2)cc1. The Morgan fingerprint density at radius 3 is 1.67 bits per heavy atom. The average Bonchev–Trinajstić information content (AvgIpc) is 3.61. The molecular formula is C47H29N3S. The highest BCUT2D eigenvalue weighted by Gasteiger charge is 2.21. The third-order valence-electron chi connectivity index (χ3n) is 9.69. The van der Waals surface area contributed by atoms with Crippen LogP contribution in [-0.4, -0.2) is 15.0 Å². The van der Waals surface area contributed by atoms with Gasteiger partial charge in [0.05, 0.1) is 0 Å². The van der Waals surface area contributed by atoms with Crippen LogP contribution in [0, 0.1) is 0 Å². The summed E-state index contributed by atoms with van der Waals surface area (Å²) in [7, 11) is 0. The van der Waals surface area contributed by atoms with Gasteiger partial charge in [-0.2, -0.15) is 0 Å². The molecule has 0 saturated carbocycles. The highest BCUT2D eigenvalue weighted by molar-refractivity contribution is 7.27. The van der Waals surface area contributed by atoms with Gasteiger partial charge in [0.2, 0.25) is 0 Å². The van der Waals surface area contributed by atoms with Gasteiger partial charge in [-0.25, -0.2) is 15.0 Å². The molecular weight excluding hydrogens is 639 g/mol. The number of nitrogens with zero attached hydrogens (tertiary/aromatic N) is 3. The Hall–Kier alpha value is -6.49. The predicted octanol–water partition coefficient (Wildman–Crippen LogP) is 12.9. The Morgan fingerprint density at radius 1 is 0.314 bits per heavy atom. The molecule has 0 aliphatic rings. The van der Waals surface area contributed by atoms with Gasteiger partial charge in [-0.05, 0) is 50.5 Å². The maximum atomic E-state index is 5.30. The second kappa shape index (κ2) is 12.1. The minimum atomic E-state index is 0.646. The van der Waals surface area contributed by atoms with Crippen molar-refractivity contribution in [2.45, 2.75) is 0 Å². The molecule has 0 fully saturated rings. The van der Waals surface area contributed by atoms with Crippen molar-refractivity contribution < 1.29 is 0 Å². The van der Waals surface area contributed by atoms with Crippen LogP contribution in [-0.2, 0) is 0 Å². The van der Waals surface area contributed by atoms with E-state index in [0.717, 1.165) is 27.8 Å². The average molecular weight is 668 g/mol. The van der Waals surface area contributed by atoms with Crippen molar-refractivity contribution in [2.75, 3.05) is 0 Å². The Balaban J connectivity index is 1.30. The summed E-state index contributed by atoms with van der Waals surface area (Å²) in [5.41, 5.74) is 7.61. The Morgan fingerprint density at radius 2 is 0.882 bits per heavy atom. The van der Waals surface area contributed by atoms with Crippen LogP contribution in [0.25, 0.3) is 98.1 Å². The van der Waals surface area contributed by atoms with Gasteiger partial charge in [-0.3, -0.25) is 0 Å². The highest BCUT2D eigenvalue weighted by atomic mass is 32.1. The van der Waals surface area contributed by atoms with Crippen LogP contribution in [0.15, 0.2) is 176 Å². The zero-order chi connectivity index (χ0) is 33.7. The third-order valence-corrected chi connectivity index (χ3v) is 11.0. The summed E-state index contributed by atoms with van der Waals surface area (Å²) in [6, 6.07) is 62.0. The van der Waals surface area contributed by atoms with Crippen LogP contribution in [0.4, 0.5) is 0 Å². The molecule has 0 N–H and O–H groups in total. The van der Waals surface area contributed by atoms with E-state index in [-0.39, 0.29) is 0 Å². The smallest absolute Gasteiger partial charge is 0.164 e. The summed E-state index contributed by atoms with van der Waals surface area (Å²) in [6.07, 6.45) is 0. The van der Waals surface area contributed by atoms with E-state index in [9.17, 15) is 0 Å². The monoisotopic (exact) mass is 667 g/mol. The van der Waals surface area contributed by atoms with Crippen LogP contribution in [0.1, 0.15) is 0 Å².